The van der Waals surface area contributed by atoms with Gasteiger partial charge in [-0.15, -0.1) is 0 Å². The van der Waals surface area contributed by atoms with Crippen LogP contribution in [-0.2, 0) is 14.4 Å². The molecule has 1 aliphatic rings. The average Bonchev–Trinajstić information content (AvgIpc) is 2.34. The Kier molecular flexibility index (Phi) is 5.75. The highest BCUT2D eigenvalue weighted by Gasteiger charge is 2.30. The summed E-state index contributed by atoms with van der Waals surface area (Å²) < 4.78 is 0. The number of carbonyl (C=O) groups is 3. The summed E-state index contributed by atoms with van der Waals surface area (Å²) >= 11 is 0. The van der Waals surface area contributed by atoms with E-state index in [0.717, 1.165) is 19.4 Å². The molecule has 0 aliphatic carbocycles. The van der Waals surface area contributed by atoms with Crippen molar-refractivity contribution >= 4 is 17.8 Å². The summed E-state index contributed by atoms with van der Waals surface area (Å²) in [6.45, 7) is 2.67. The zero-order valence-corrected chi connectivity index (χ0v) is 10.9. The van der Waals surface area contributed by atoms with E-state index in [1.54, 1.807) is 0 Å². The summed E-state index contributed by atoms with van der Waals surface area (Å²) in [5.74, 6) is -2.52. The maximum atomic E-state index is 12.0. The van der Waals surface area contributed by atoms with Crippen molar-refractivity contribution in [2.75, 3.05) is 6.54 Å². The smallest absolute Gasteiger partial charge is 0.326 e. The third-order valence-corrected chi connectivity index (χ3v) is 3.31. The van der Waals surface area contributed by atoms with Gasteiger partial charge in [0.1, 0.15) is 6.04 Å². The van der Waals surface area contributed by atoms with Crippen LogP contribution in [0.1, 0.15) is 32.6 Å². The molecule has 1 fully saturated rings. The van der Waals surface area contributed by atoms with Crippen molar-refractivity contribution in [2.24, 2.45) is 5.92 Å². The number of piperidine rings is 1. The van der Waals surface area contributed by atoms with Gasteiger partial charge in [0, 0.05) is 6.42 Å². The predicted octanol–water partition coefficient (Wildman–Crippen LogP) is -0.191. The highest BCUT2D eigenvalue weighted by atomic mass is 16.4. The quantitative estimate of drug-likeness (QED) is 0.532. The van der Waals surface area contributed by atoms with Crippen molar-refractivity contribution in [2.45, 2.75) is 44.7 Å². The highest BCUT2D eigenvalue weighted by Crippen LogP contribution is 2.15. The third kappa shape index (κ3) is 4.86. The number of carbonyl (C=O) groups excluding carboxylic acids is 1. The monoisotopic (exact) mass is 272 g/mol. The molecule has 3 unspecified atom stereocenters. The molecule has 3 atom stereocenters. The Bertz CT molecular complexity index is 358. The van der Waals surface area contributed by atoms with Gasteiger partial charge in [-0.2, -0.15) is 0 Å². The first-order valence-corrected chi connectivity index (χ1v) is 6.40. The predicted molar refractivity (Wildman–Crippen MR) is 66.6 cm³/mol. The first kappa shape index (κ1) is 15.4. The van der Waals surface area contributed by atoms with E-state index in [1.165, 1.54) is 0 Å². The largest absolute Gasteiger partial charge is 0.481 e. The normalized spacial score (nSPS) is 24.5. The van der Waals surface area contributed by atoms with Gasteiger partial charge in [-0.25, -0.2) is 4.79 Å². The van der Waals surface area contributed by atoms with Crippen molar-refractivity contribution in [3.05, 3.63) is 0 Å². The summed E-state index contributed by atoms with van der Waals surface area (Å²) in [6, 6.07) is -1.56. The minimum Gasteiger partial charge on any atom is -0.481 e. The molecule has 0 aromatic carbocycles. The fourth-order valence-corrected chi connectivity index (χ4v) is 2.19. The first-order chi connectivity index (χ1) is 8.91. The summed E-state index contributed by atoms with van der Waals surface area (Å²) in [5, 5.41) is 23.0. The van der Waals surface area contributed by atoms with Crippen molar-refractivity contribution in [3.8, 4) is 0 Å². The number of carboxylic acids is 2. The van der Waals surface area contributed by atoms with E-state index in [-0.39, 0.29) is 24.7 Å². The van der Waals surface area contributed by atoms with Crippen LogP contribution in [0.4, 0.5) is 0 Å². The van der Waals surface area contributed by atoms with E-state index in [2.05, 4.69) is 10.6 Å². The SMILES string of the molecule is CC1CCCNC1C(=O)NC(CCC(=O)O)C(=O)O. The molecule has 108 valence electrons. The van der Waals surface area contributed by atoms with E-state index >= 15 is 0 Å². The minimum absolute atomic E-state index is 0.114. The minimum atomic E-state index is -1.21. The lowest BCUT2D eigenvalue weighted by molar-refractivity contribution is -0.143. The van der Waals surface area contributed by atoms with Crippen molar-refractivity contribution in [1.29, 1.82) is 0 Å². The van der Waals surface area contributed by atoms with Gasteiger partial charge in [0.05, 0.1) is 6.04 Å². The van der Waals surface area contributed by atoms with E-state index in [9.17, 15) is 14.4 Å². The van der Waals surface area contributed by atoms with Crippen molar-refractivity contribution < 1.29 is 24.6 Å². The molecule has 0 radical (unpaired) electrons. The van der Waals surface area contributed by atoms with Gasteiger partial charge in [0.25, 0.3) is 0 Å². The molecule has 0 saturated carbocycles. The Morgan fingerprint density at radius 1 is 1.37 bits per heavy atom. The lowest BCUT2D eigenvalue weighted by Crippen LogP contribution is -2.54. The second-order valence-corrected chi connectivity index (χ2v) is 4.88. The van der Waals surface area contributed by atoms with Crippen LogP contribution in [0.3, 0.4) is 0 Å². The van der Waals surface area contributed by atoms with Crippen LogP contribution in [0.5, 0.6) is 0 Å². The third-order valence-electron chi connectivity index (χ3n) is 3.31. The molecule has 7 heteroatoms. The molecule has 0 aromatic rings. The Balaban J connectivity index is 2.55. The molecule has 1 rings (SSSR count). The Hall–Kier alpha value is -1.63. The first-order valence-electron chi connectivity index (χ1n) is 6.40. The molecule has 1 heterocycles. The Labute approximate surface area is 111 Å². The van der Waals surface area contributed by atoms with Crippen molar-refractivity contribution in [1.82, 2.24) is 10.6 Å². The molecule has 4 N–H and O–H groups in total. The van der Waals surface area contributed by atoms with Crippen LogP contribution in [0.25, 0.3) is 0 Å². The van der Waals surface area contributed by atoms with Gasteiger partial charge >= 0.3 is 11.9 Å². The van der Waals surface area contributed by atoms with E-state index in [4.69, 9.17) is 10.2 Å². The molecule has 1 saturated heterocycles. The van der Waals surface area contributed by atoms with Gasteiger partial charge in [0.15, 0.2) is 0 Å². The van der Waals surface area contributed by atoms with Crippen molar-refractivity contribution in [3.63, 3.8) is 0 Å². The number of carboxylic acid groups (broad SMARTS) is 2. The van der Waals surface area contributed by atoms with E-state index < -0.39 is 24.0 Å². The summed E-state index contributed by atoms with van der Waals surface area (Å²) in [6.07, 6.45) is 1.51. The van der Waals surface area contributed by atoms with E-state index in [0.29, 0.717) is 0 Å². The van der Waals surface area contributed by atoms with Crippen LogP contribution in [0, 0.1) is 5.92 Å². The number of aliphatic carboxylic acids is 2. The van der Waals surface area contributed by atoms with E-state index in [1.807, 2.05) is 6.92 Å². The van der Waals surface area contributed by atoms with Crippen LogP contribution < -0.4 is 10.6 Å². The molecule has 1 amide bonds. The van der Waals surface area contributed by atoms with Gasteiger partial charge in [-0.1, -0.05) is 6.92 Å². The molecular formula is C12H20N2O5. The summed E-state index contributed by atoms with van der Waals surface area (Å²) in [5.41, 5.74) is 0. The number of rotatable bonds is 6. The standard InChI is InChI=1S/C12H20N2O5/c1-7-3-2-6-13-10(7)11(17)14-8(12(18)19)4-5-9(15)16/h7-8,10,13H,2-6H2,1H3,(H,14,17)(H,15,16)(H,18,19). The summed E-state index contributed by atoms with van der Waals surface area (Å²) in [7, 11) is 0. The molecular weight excluding hydrogens is 252 g/mol. The van der Waals surface area contributed by atoms with Gasteiger partial charge < -0.3 is 20.8 Å². The topological polar surface area (TPSA) is 116 Å². The van der Waals surface area contributed by atoms with Crippen LogP contribution >= 0.6 is 0 Å². The van der Waals surface area contributed by atoms with Crippen LogP contribution in [0.15, 0.2) is 0 Å². The number of hydrogen-bond donors (Lipinski definition) is 4. The van der Waals surface area contributed by atoms with Gasteiger partial charge in [-0.3, -0.25) is 9.59 Å². The lowest BCUT2D eigenvalue weighted by atomic mass is 9.92. The lowest BCUT2D eigenvalue weighted by Gasteiger charge is -2.29. The highest BCUT2D eigenvalue weighted by molar-refractivity contribution is 5.87. The molecule has 0 spiro atoms. The zero-order chi connectivity index (χ0) is 14.4. The second kappa shape index (κ2) is 7.08. The maximum absolute atomic E-state index is 12.0. The average molecular weight is 272 g/mol. The Morgan fingerprint density at radius 2 is 2.05 bits per heavy atom. The van der Waals surface area contributed by atoms with Gasteiger partial charge in [0.2, 0.25) is 5.91 Å². The number of hydrogen-bond acceptors (Lipinski definition) is 4. The number of amides is 1. The molecule has 1 aliphatic heterocycles. The van der Waals surface area contributed by atoms with Crippen LogP contribution in [-0.4, -0.2) is 46.7 Å². The second-order valence-electron chi connectivity index (χ2n) is 4.88. The Morgan fingerprint density at radius 3 is 2.58 bits per heavy atom. The fourth-order valence-electron chi connectivity index (χ4n) is 2.19. The molecule has 0 bridgehead atoms. The number of nitrogens with one attached hydrogen (secondary N) is 2. The molecule has 0 aromatic heterocycles. The maximum Gasteiger partial charge on any atom is 0.326 e. The van der Waals surface area contributed by atoms with Crippen LogP contribution in [0.2, 0.25) is 0 Å². The molecule has 7 nitrogen and oxygen atoms in total. The van der Waals surface area contributed by atoms with Gasteiger partial charge in [-0.05, 0) is 31.7 Å². The fraction of sp³-hybridized carbons (Fsp3) is 0.750. The summed E-state index contributed by atoms with van der Waals surface area (Å²) in [4.78, 5) is 33.4. The zero-order valence-electron chi connectivity index (χ0n) is 10.9. The molecule has 19 heavy (non-hydrogen) atoms.